The van der Waals surface area contributed by atoms with Gasteiger partial charge in [0.1, 0.15) is 0 Å². The first kappa shape index (κ1) is 15.6. The Labute approximate surface area is 130 Å². The molecule has 110 valence electrons. The minimum atomic E-state index is 0.581. The van der Waals surface area contributed by atoms with Gasteiger partial charge < -0.3 is 9.88 Å². The maximum Gasteiger partial charge on any atom is 0.0992 e. The summed E-state index contributed by atoms with van der Waals surface area (Å²) >= 11 is 6.19. The van der Waals surface area contributed by atoms with Gasteiger partial charge in [0.2, 0.25) is 0 Å². The lowest BCUT2D eigenvalue weighted by Gasteiger charge is -2.05. The summed E-state index contributed by atoms with van der Waals surface area (Å²) < 4.78 is 2.02. The number of imidazole rings is 1. The molecule has 2 rings (SSSR count). The Bertz CT molecular complexity index is 627. The number of rotatable bonds is 7. The highest BCUT2D eigenvalue weighted by molar-refractivity contribution is 6.31. The summed E-state index contributed by atoms with van der Waals surface area (Å²) in [7, 11) is 0. The molecule has 0 amide bonds. The van der Waals surface area contributed by atoms with Crippen molar-refractivity contribution in [1.29, 1.82) is 5.26 Å². The van der Waals surface area contributed by atoms with Crippen molar-refractivity contribution in [1.82, 2.24) is 14.9 Å². The number of hydrogen-bond donors (Lipinski definition) is 1. The van der Waals surface area contributed by atoms with E-state index in [2.05, 4.69) is 23.3 Å². The van der Waals surface area contributed by atoms with Crippen molar-refractivity contribution in [2.45, 2.75) is 26.3 Å². The van der Waals surface area contributed by atoms with Crippen LogP contribution < -0.4 is 5.32 Å². The largest absolute Gasteiger partial charge is 0.333 e. The fourth-order valence-electron chi connectivity index (χ4n) is 2.08. The van der Waals surface area contributed by atoms with Crippen LogP contribution in [0.25, 0.3) is 0 Å². The maximum atomic E-state index is 8.84. The van der Waals surface area contributed by atoms with Gasteiger partial charge in [0, 0.05) is 30.7 Å². The average molecular weight is 303 g/mol. The van der Waals surface area contributed by atoms with Crippen LogP contribution in [0.5, 0.6) is 0 Å². The third kappa shape index (κ3) is 4.59. The Morgan fingerprint density at radius 3 is 2.95 bits per heavy atom. The van der Waals surface area contributed by atoms with Crippen molar-refractivity contribution in [3.05, 3.63) is 52.6 Å². The molecule has 0 bridgehead atoms. The van der Waals surface area contributed by atoms with Gasteiger partial charge in [0.05, 0.1) is 23.7 Å². The molecule has 4 nitrogen and oxygen atoms in total. The van der Waals surface area contributed by atoms with Crippen LogP contribution in [0, 0.1) is 11.3 Å². The van der Waals surface area contributed by atoms with Crippen LogP contribution in [0.15, 0.2) is 30.7 Å². The van der Waals surface area contributed by atoms with Gasteiger partial charge in [-0.3, -0.25) is 0 Å². The summed E-state index contributed by atoms with van der Waals surface area (Å²) in [5.74, 6) is 0. The molecule has 21 heavy (non-hydrogen) atoms. The topological polar surface area (TPSA) is 53.6 Å². The first-order valence-electron chi connectivity index (χ1n) is 7.13. The van der Waals surface area contributed by atoms with Gasteiger partial charge in [0.25, 0.3) is 0 Å². The lowest BCUT2D eigenvalue weighted by Crippen LogP contribution is -2.17. The lowest BCUT2D eigenvalue weighted by molar-refractivity contribution is 0.666. The van der Waals surface area contributed by atoms with Gasteiger partial charge in [-0.25, -0.2) is 4.98 Å². The average Bonchev–Trinajstić information content (AvgIpc) is 2.93. The zero-order valence-electron chi connectivity index (χ0n) is 12.1. The molecule has 0 spiro atoms. The third-order valence-electron chi connectivity index (χ3n) is 3.21. The number of benzene rings is 1. The van der Waals surface area contributed by atoms with Crippen molar-refractivity contribution >= 4 is 11.6 Å². The molecule has 0 radical (unpaired) electrons. The van der Waals surface area contributed by atoms with E-state index >= 15 is 0 Å². The molecule has 0 aliphatic heterocycles. The second-order valence-electron chi connectivity index (χ2n) is 4.96. The Kier molecular flexibility index (Phi) is 5.79. The molecule has 2 aromatic rings. The van der Waals surface area contributed by atoms with Crippen LogP contribution in [-0.2, 0) is 13.0 Å². The first-order chi connectivity index (χ1) is 10.2. The Morgan fingerprint density at radius 1 is 1.38 bits per heavy atom. The van der Waals surface area contributed by atoms with Gasteiger partial charge >= 0.3 is 0 Å². The summed E-state index contributed by atoms with van der Waals surface area (Å²) in [5, 5.41) is 12.8. The Morgan fingerprint density at radius 2 is 2.24 bits per heavy atom. The quantitative estimate of drug-likeness (QED) is 0.800. The molecule has 0 atom stereocenters. The smallest absolute Gasteiger partial charge is 0.0992 e. The number of aromatic nitrogens is 2. The van der Waals surface area contributed by atoms with E-state index in [1.807, 2.05) is 23.2 Å². The molecule has 0 aliphatic carbocycles. The van der Waals surface area contributed by atoms with Crippen molar-refractivity contribution < 1.29 is 0 Å². The normalized spacial score (nSPS) is 10.5. The molecular formula is C16H19ClN4. The number of nitrogens with zero attached hydrogens (tertiary/aromatic N) is 3. The summed E-state index contributed by atoms with van der Waals surface area (Å²) in [5.41, 5.74) is 2.64. The van der Waals surface area contributed by atoms with Gasteiger partial charge in [-0.2, -0.15) is 5.26 Å². The molecule has 1 heterocycles. The fourth-order valence-corrected chi connectivity index (χ4v) is 2.32. The van der Waals surface area contributed by atoms with E-state index < -0.39 is 0 Å². The minimum Gasteiger partial charge on any atom is -0.333 e. The van der Waals surface area contributed by atoms with Crippen molar-refractivity contribution in [2.75, 3.05) is 13.1 Å². The molecule has 1 N–H and O–H groups in total. The van der Waals surface area contributed by atoms with Crippen molar-refractivity contribution in [2.24, 2.45) is 0 Å². The lowest BCUT2D eigenvalue weighted by atomic mass is 10.1. The molecule has 1 aromatic heterocycles. The molecule has 0 unspecified atom stereocenters. The summed E-state index contributed by atoms with van der Waals surface area (Å²) in [4.78, 5) is 4.40. The Hall–Kier alpha value is -1.83. The zero-order valence-corrected chi connectivity index (χ0v) is 12.9. The van der Waals surface area contributed by atoms with Crippen LogP contribution in [0.4, 0.5) is 0 Å². The first-order valence-corrected chi connectivity index (χ1v) is 7.50. The van der Waals surface area contributed by atoms with E-state index in [-0.39, 0.29) is 0 Å². The molecule has 0 saturated carbocycles. The molecule has 5 heteroatoms. The predicted molar refractivity (Wildman–Crippen MR) is 84.4 cm³/mol. The number of nitrogens with one attached hydrogen (secondary N) is 1. The minimum absolute atomic E-state index is 0.581. The summed E-state index contributed by atoms with van der Waals surface area (Å²) in [6.45, 7) is 4.81. The van der Waals surface area contributed by atoms with Gasteiger partial charge in [-0.1, -0.05) is 24.6 Å². The molecule has 0 aliphatic rings. The van der Waals surface area contributed by atoms with E-state index in [4.69, 9.17) is 16.9 Å². The highest BCUT2D eigenvalue weighted by atomic mass is 35.5. The van der Waals surface area contributed by atoms with E-state index in [1.54, 1.807) is 12.1 Å². The zero-order chi connectivity index (χ0) is 15.1. The Balaban J connectivity index is 1.95. The maximum absolute atomic E-state index is 8.84. The molecule has 0 fully saturated rings. The second kappa shape index (κ2) is 7.82. The second-order valence-corrected chi connectivity index (χ2v) is 5.36. The van der Waals surface area contributed by atoms with Crippen molar-refractivity contribution in [3.63, 3.8) is 0 Å². The molecule has 0 saturated heterocycles. The third-order valence-corrected chi connectivity index (χ3v) is 3.56. The number of halogens is 1. The highest BCUT2D eigenvalue weighted by Crippen LogP contribution is 2.18. The standard InChI is InChI=1S/C16H19ClN4/c1-2-6-19-7-5-15-11-21(12-20-15)10-14-4-3-13(9-18)8-16(14)17/h3-4,8,11-12,19H,2,5-7,10H2,1H3. The monoisotopic (exact) mass is 302 g/mol. The van der Waals surface area contributed by atoms with Crippen molar-refractivity contribution in [3.8, 4) is 6.07 Å². The predicted octanol–water partition coefficient (Wildman–Crippen LogP) is 3.00. The van der Waals surface area contributed by atoms with Gasteiger partial charge in [0.15, 0.2) is 0 Å². The van der Waals surface area contributed by atoms with Crippen LogP contribution >= 0.6 is 11.6 Å². The van der Waals surface area contributed by atoms with E-state index in [0.717, 1.165) is 37.2 Å². The van der Waals surface area contributed by atoms with E-state index in [1.165, 1.54) is 0 Å². The van der Waals surface area contributed by atoms with Crippen LogP contribution in [0.2, 0.25) is 5.02 Å². The SMILES string of the molecule is CCCNCCc1cn(Cc2ccc(C#N)cc2Cl)cn1. The summed E-state index contributed by atoms with van der Waals surface area (Å²) in [6, 6.07) is 7.46. The number of hydrogen-bond acceptors (Lipinski definition) is 3. The summed E-state index contributed by atoms with van der Waals surface area (Å²) in [6.07, 6.45) is 5.94. The van der Waals surface area contributed by atoms with E-state index in [0.29, 0.717) is 17.1 Å². The van der Waals surface area contributed by atoms with Crippen LogP contribution in [0.1, 0.15) is 30.2 Å². The fraction of sp³-hybridized carbons (Fsp3) is 0.375. The highest BCUT2D eigenvalue weighted by Gasteiger charge is 2.04. The van der Waals surface area contributed by atoms with Gasteiger partial charge in [-0.05, 0) is 30.7 Å². The van der Waals surface area contributed by atoms with Gasteiger partial charge in [-0.15, -0.1) is 0 Å². The molecule has 1 aromatic carbocycles. The van der Waals surface area contributed by atoms with E-state index in [9.17, 15) is 0 Å². The number of nitriles is 1. The van der Waals surface area contributed by atoms with Crippen LogP contribution in [0.3, 0.4) is 0 Å². The molecular weight excluding hydrogens is 284 g/mol. The van der Waals surface area contributed by atoms with Crippen LogP contribution in [-0.4, -0.2) is 22.6 Å².